The molecule has 0 radical (unpaired) electrons. The molecular weight excluding hydrogens is 250 g/mol. The molecule has 0 spiro atoms. The van der Waals surface area contributed by atoms with Crippen LogP contribution in [0, 0.1) is 6.92 Å². The van der Waals surface area contributed by atoms with Gasteiger partial charge in [0.05, 0.1) is 5.69 Å². The normalized spacial score (nSPS) is 17.1. The first kappa shape index (κ1) is 12.7. The van der Waals surface area contributed by atoms with Crippen LogP contribution in [0.1, 0.15) is 17.5 Å². The maximum atomic E-state index is 12.1. The number of carbonyl (C=O) groups excluding carboxylic acids is 1. The number of rotatable bonds is 3. The first-order valence-corrected chi connectivity index (χ1v) is 6.80. The van der Waals surface area contributed by atoms with Gasteiger partial charge in [-0.15, -0.1) is 0 Å². The largest absolute Gasteiger partial charge is 0.357 e. The average Bonchev–Trinajstić information content (AvgIpc) is 2.46. The van der Waals surface area contributed by atoms with Gasteiger partial charge in [-0.2, -0.15) is 0 Å². The Labute approximate surface area is 118 Å². The Morgan fingerprint density at radius 2 is 2.05 bits per heavy atom. The van der Waals surface area contributed by atoms with Gasteiger partial charge in [0.2, 0.25) is 5.91 Å². The average molecular weight is 267 g/mol. The van der Waals surface area contributed by atoms with E-state index in [4.69, 9.17) is 0 Å². The summed E-state index contributed by atoms with van der Waals surface area (Å²) in [6.45, 7) is 1.96. The lowest BCUT2D eigenvalue weighted by Gasteiger charge is -2.26. The minimum absolute atomic E-state index is 0.0147. The van der Waals surface area contributed by atoms with Crippen LogP contribution in [0.25, 0.3) is 0 Å². The van der Waals surface area contributed by atoms with Crippen LogP contribution in [0.3, 0.4) is 0 Å². The zero-order valence-corrected chi connectivity index (χ0v) is 11.4. The smallest absolute Gasteiger partial charge is 0.247 e. The summed E-state index contributed by atoms with van der Waals surface area (Å²) >= 11 is 0. The molecule has 1 amide bonds. The Bertz CT molecular complexity index is 625. The van der Waals surface area contributed by atoms with Crippen molar-refractivity contribution in [3.05, 3.63) is 53.7 Å². The van der Waals surface area contributed by atoms with Gasteiger partial charge in [0, 0.05) is 6.20 Å². The third-order valence-electron chi connectivity index (χ3n) is 3.47. The number of aromatic nitrogens is 1. The quantitative estimate of drug-likeness (QED) is 0.899. The number of anilines is 2. The van der Waals surface area contributed by atoms with E-state index in [-0.39, 0.29) is 11.9 Å². The number of nitrogens with zero attached hydrogens (tertiary/aromatic N) is 1. The van der Waals surface area contributed by atoms with E-state index in [0.29, 0.717) is 0 Å². The highest BCUT2D eigenvalue weighted by molar-refractivity contribution is 6.02. The van der Waals surface area contributed by atoms with Crippen molar-refractivity contribution in [2.24, 2.45) is 0 Å². The fourth-order valence-corrected chi connectivity index (χ4v) is 2.39. The van der Waals surface area contributed by atoms with Crippen molar-refractivity contribution in [1.82, 2.24) is 4.98 Å². The Balaban J connectivity index is 1.70. The molecule has 4 nitrogen and oxygen atoms in total. The summed E-state index contributed by atoms with van der Waals surface area (Å²) in [5.74, 6) is 0.772. The molecule has 2 heterocycles. The SMILES string of the molecule is Cc1cnc2c(c1)NC(=O)C(CCc1ccccc1)N2. The van der Waals surface area contributed by atoms with Crippen LogP contribution >= 0.6 is 0 Å². The highest BCUT2D eigenvalue weighted by Gasteiger charge is 2.25. The molecule has 2 N–H and O–H groups in total. The molecule has 0 fully saturated rings. The van der Waals surface area contributed by atoms with Crippen LogP contribution in [-0.2, 0) is 11.2 Å². The second kappa shape index (κ2) is 5.33. The lowest BCUT2D eigenvalue weighted by molar-refractivity contribution is -0.117. The van der Waals surface area contributed by atoms with E-state index in [0.717, 1.165) is 29.9 Å². The van der Waals surface area contributed by atoms with E-state index in [1.165, 1.54) is 5.56 Å². The van der Waals surface area contributed by atoms with Crippen LogP contribution in [0.4, 0.5) is 11.5 Å². The maximum absolute atomic E-state index is 12.1. The second-order valence-corrected chi connectivity index (χ2v) is 5.12. The number of nitrogens with one attached hydrogen (secondary N) is 2. The van der Waals surface area contributed by atoms with Gasteiger partial charge in [-0.3, -0.25) is 4.79 Å². The Hall–Kier alpha value is -2.36. The van der Waals surface area contributed by atoms with Gasteiger partial charge in [-0.05, 0) is 37.0 Å². The lowest BCUT2D eigenvalue weighted by atomic mass is 10.0. The number of carbonyl (C=O) groups is 1. The van der Waals surface area contributed by atoms with Gasteiger partial charge in [-0.1, -0.05) is 30.3 Å². The molecule has 2 aromatic rings. The van der Waals surface area contributed by atoms with E-state index >= 15 is 0 Å². The number of aryl methyl sites for hydroxylation is 2. The predicted molar refractivity (Wildman–Crippen MR) is 79.8 cm³/mol. The molecule has 1 aliphatic rings. The molecule has 4 heteroatoms. The first-order valence-electron chi connectivity index (χ1n) is 6.80. The van der Waals surface area contributed by atoms with Crippen molar-refractivity contribution >= 4 is 17.4 Å². The van der Waals surface area contributed by atoms with Crippen molar-refractivity contribution < 1.29 is 4.79 Å². The summed E-state index contributed by atoms with van der Waals surface area (Å²) in [6, 6.07) is 11.9. The number of hydrogen-bond donors (Lipinski definition) is 2. The van der Waals surface area contributed by atoms with Gasteiger partial charge in [0.25, 0.3) is 0 Å². The summed E-state index contributed by atoms with van der Waals surface area (Å²) < 4.78 is 0. The zero-order chi connectivity index (χ0) is 13.9. The topological polar surface area (TPSA) is 54.0 Å². The molecule has 1 unspecified atom stereocenters. The highest BCUT2D eigenvalue weighted by Crippen LogP contribution is 2.26. The fraction of sp³-hybridized carbons (Fsp3) is 0.250. The minimum atomic E-state index is -0.224. The van der Waals surface area contributed by atoms with E-state index in [1.54, 1.807) is 6.20 Å². The molecule has 0 saturated heterocycles. The highest BCUT2D eigenvalue weighted by atomic mass is 16.2. The maximum Gasteiger partial charge on any atom is 0.247 e. The molecule has 0 bridgehead atoms. The van der Waals surface area contributed by atoms with Crippen LogP contribution in [-0.4, -0.2) is 16.9 Å². The lowest BCUT2D eigenvalue weighted by Crippen LogP contribution is -2.39. The molecular formula is C16H17N3O. The minimum Gasteiger partial charge on any atom is -0.357 e. The van der Waals surface area contributed by atoms with Crippen molar-refractivity contribution in [3.8, 4) is 0 Å². The van der Waals surface area contributed by atoms with Crippen LogP contribution < -0.4 is 10.6 Å². The third kappa shape index (κ3) is 2.64. The van der Waals surface area contributed by atoms with Gasteiger partial charge in [0.1, 0.15) is 11.9 Å². The third-order valence-corrected chi connectivity index (χ3v) is 3.47. The molecule has 1 aromatic heterocycles. The summed E-state index contributed by atoms with van der Waals surface area (Å²) in [5, 5.41) is 6.14. The zero-order valence-electron chi connectivity index (χ0n) is 11.4. The van der Waals surface area contributed by atoms with Gasteiger partial charge >= 0.3 is 0 Å². The number of fused-ring (bicyclic) bond motifs is 1. The van der Waals surface area contributed by atoms with Crippen molar-refractivity contribution in [2.75, 3.05) is 10.6 Å². The number of pyridine rings is 1. The number of hydrogen-bond acceptors (Lipinski definition) is 3. The predicted octanol–water partition coefficient (Wildman–Crippen LogP) is 2.76. The first-order chi connectivity index (χ1) is 9.72. The Morgan fingerprint density at radius 1 is 1.25 bits per heavy atom. The number of amides is 1. The van der Waals surface area contributed by atoms with Gasteiger partial charge < -0.3 is 10.6 Å². The summed E-state index contributed by atoms with van der Waals surface area (Å²) in [6.07, 6.45) is 3.43. The monoisotopic (exact) mass is 267 g/mol. The number of benzene rings is 1. The fourth-order valence-electron chi connectivity index (χ4n) is 2.39. The Morgan fingerprint density at radius 3 is 2.85 bits per heavy atom. The summed E-state index contributed by atoms with van der Waals surface area (Å²) in [7, 11) is 0. The standard InChI is InChI=1S/C16H17N3O/c1-11-9-14-15(17-10-11)18-13(16(20)19-14)8-7-12-5-3-2-4-6-12/h2-6,9-10,13H,7-8H2,1H3,(H,17,18)(H,19,20). The molecule has 1 aliphatic heterocycles. The van der Waals surface area contributed by atoms with Crippen molar-refractivity contribution in [1.29, 1.82) is 0 Å². The van der Waals surface area contributed by atoms with E-state index in [1.807, 2.05) is 31.2 Å². The van der Waals surface area contributed by atoms with Crippen LogP contribution in [0.5, 0.6) is 0 Å². The molecule has 1 atom stereocenters. The molecule has 1 aromatic carbocycles. The van der Waals surface area contributed by atoms with Crippen molar-refractivity contribution in [3.63, 3.8) is 0 Å². The second-order valence-electron chi connectivity index (χ2n) is 5.12. The molecule has 3 rings (SSSR count). The molecule has 20 heavy (non-hydrogen) atoms. The van der Waals surface area contributed by atoms with E-state index in [9.17, 15) is 4.79 Å². The van der Waals surface area contributed by atoms with Gasteiger partial charge in [0.15, 0.2) is 0 Å². The van der Waals surface area contributed by atoms with Crippen molar-refractivity contribution in [2.45, 2.75) is 25.8 Å². The van der Waals surface area contributed by atoms with Gasteiger partial charge in [-0.25, -0.2) is 4.98 Å². The van der Waals surface area contributed by atoms with E-state index in [2.05, 4.69) is 27.8 Å². The molecule has 0 aliphatic carbocycles. The summed E-state index contributed by atoms with van der Waals surface area (Å²) in [5.41, 5.74) is 3.05. The molecule has 0 saturated carbocycles. The summed E-state index contributed by atoms with van der Waals surface area (Å²) in [4.78, 5) is 16.4. The molecule has 102 valence electrons. The van der Waals surface area contributed by atoms with Crippen LogP contribution in [0.15, 0.2) is 42.6 Å². The van der Waals surface area contributed by atoms with Crippen LogP contribution in [0.2, 0.25) is 0 Å². The Kier molecular flexibility index (Phi) is 3.37. The van der Waals surface area contributed by atoms with E-state index < -0.39 is 0 Å².